The summed E-state index contributed by atoms with van der Waals surface area (Å²) in [4.78, 5) is 9.53. The topological polar surface area (TPSA) is 45.2 Å². The van der Waals surface area contributed by atoms with Crippen LogP contribution in [-0.2, 0) is 6.42 Å². The van der Waals surface area contributed by atoms with Crippen LogP contribution in [0.15, 0.2) is 73.1 Å². The molecular weight excluding hydrogens is 332 g/mol. The van der Waals surface area contributed by atoms with Crippen LogP contribution >= 0.6 is 0 Å². The molecule has 4 aromatic rings. The van der Waals surface area contributed by atoms with Gasteiger partial charge in [0.05, 0.1) is 12.2 Å². The van der Waals surface area contributed by atoms with E-state index in [2.05, 4.69) is 75.9 Å². The summed E-state index contributed by atoms with van der Waals surface area (Å²) in [6, 6.07) is 22.1. The third-order valence-corrected chi connectivity index (χ3v) is 6.15. The van der Waals surface area contributed by atoms with Gasteiger partial charge >= 0.3 is 0 Å². The second-order valence-electron chi connectivity index (χ2n) is 7.52. The summed E-state index contributed by atoms with van der Waals surface area (Å²) in [5.41, 5.74) is 8.03. The van der Waals surface area contributed by atoms with E-state index in [1.807, 2.05) is 12.4 Å². The highest BCUT2D eigenvalue weighted by Crippen LogP contribution is 2.38. The summed E-state index contributed by atoms with van der Waals surface area (Å²) in [5.74, 6) is 0. The predicted molar refractivity (Wildman–Crippen MR) is 107 cm³/mol. The number of pyridine rings is 1. The summed E-state index contributed by atoms with van der Waals surface area (Å²) >= 11 is 0. The number of fused-ring (bicyclic) bond motifs is 7. The van der Waals surface area contributed by atoms with Crippen molar-refractivity contribution in [3.05, 3.63) is 95.4 Å². The minimum atomic E-state index is 0.229. The van der Waals surface area contributed by atoms with Gasteiger partial charge in [0.2, 0.25) is 0 Å². The van der Waals surface area contributed by atoms with Crippen molar-refractivity contribution in [2.75, 3.05) is 11.9 Å². The molecule has 2 aromatic heterocycles. The molecule has 2 aliphatic heterocycles. The average Bonchev–Trinajstić information content (AvgIpc) is 3.12. The Morgan fingerprint density at radius 2 is 1.74 bits per heavy atom. The Hall–Kier alpha value is -3.11. The molecule has 132 valence electrons. The lowest BCUT2D eigenvalue weighted by Crippen LogP contribution is -3.15. The van der Waals surface area contributed by atoms with E-state index in [-0.39, 0.29) is 6.17 Å². The largest absolute Gasteiger partial charge is 0.353 e. The number of anilines is 1. The van der Waals surface area contributed by atoms with Crippen molar-refractivity contribution < 1.29 is 4.90 Å². The number of rotatable bonds is 1. The normalized spacial score (nSPS) is 23.2. The van der Waals surface area contributed by atoms with E-state index in [0.717, 1.165) is 13.0 Å². The van der Waals surface area contributed by atoms with E-state index in [4.69, 9.17) is 0 Å². The maximum Gasteiger partial charge on any atom is 0.188 e. The number of aromatic nitrogens is 2. The van der Waals surface area contributed by atoms with Crippen molar-refractivity contribution >= 4 is 16.6 Å². The van der Waals surface area contributed by atoms with E-state index >= 15 is 0 Å². The molecule has 0 fully saturated rings. The van der Waals surface area contributed by atoms with Crippen LogP contribution in [0.1, 0.15) is 34.6 Å². The fourth-order valence-electron chi connectivity index (χ4n) is 4.98. The molecule has 0 saturated heterocycles. The van der Waals surface area contributed by atoms with Crippen LogP contribution < -0.4 is 10.2 Å². The highest BCUT2D eigenvalue weighted by atomic mass is 15.3. The third kappa shape index (κ3) is 2.17. The van der Waals surface area contributed by atoms with Gasteiger partial charge in [-0.1, -0.05) is 36.4 Å². The molecule has 2 aliphatic rings. The smallest absolute Gasteiger partial charge is 0.188 e. The van der Waals surface area contributed by atoms with Gasteiger partial charge in [-0.05, 0) is 29.8 Å². The molecule has 0 spiro atoms. The Morgan fingerprint density at radius 3 is 2.67 bits per heavy atom. The van der Waals surface area contributed by atoms with Crippen molar-refractivity contribution in [2.45, 2.75) is 18.6 Å². The first-order chi connectivity index (χ1) is 13.4. The lowest BCUT2D eigenvalue weighted by atomic mass is 9.88. The summed E-state index contributed by atoms with van der Waals surface area (Å²) in [7, 11) is 0. The number of H-pyrrole nitrogens is 1. The molecule has 1 unspecified atom stereocenters. The molecule has 0 aliphatic carbocycles. The first-order valence-corrected chi connectivity index (χ1v) is 9.60. The monoisotopic (exact) mass is 353 g/mol. The van der Waals surface area contributed by atoms with E-state index in [1.165, 1.54) is 39.0 Å². The average molecular weight is 353 g/mol. The number of benzene rings is 2. The summed E-state index contributed by atoms with van der Waals surface area (Å²) < 4.78 is 0. The van der Waals surface area contributed by atoms with Crippen molar-refractivity contribution in [2.24, 2.45) is 0 Å². The number of para-hydroxylation sites is 2. The van der Waals surface area contributed by atoms with Crippen LogP contribution in [0, 0.1) is 0 Å². The predicted octanol–water partition coefficient (Wildman–Crippen LogP) is 3.22. The van der Waals surface area contributed by atoms with Crippen molar-refractivity contribution in [3.63, 3.8) is 0 Å². The number of nitrogens with zero attached hydrogens (tertiary/aromatic N) is 1. The number of aromatic amines is 1. The fraction of sp³-hybridized carbons (Fsp3) is 0.174. The molecule has 3 atom stereocenters. The fourth-order valence-corrected chi connectivity index (χ4v) is 4.98. The maximum absolute atomic E-state index is 4.21. The number of hydrogen-bond donors (Lipinski definition) is 3. The van der Waals surface area contributed by atoms with Crippen LogP contribution in [0.3, 0.4) is 0 Å². The maximum atomic E-state index is 4.21. The lowest BCUT2D eigenvalue weighted by molar-refractivity contribution is -0.956. The van der Waals surface area contributed by atoms with Gasteiger partial charge < -0.3 is 15.2 Å². The van der Waals surface area contributed by atoms with E-state index < -0.39 is 0 Å². The minimum Gasteiger partial charge on any atom is -0.353 e. The Morgan fingerprint density at radius 1 is 0.926 bits per heavy atom. The van der Waals surface area contributed by atoms with Gasteiger partial charge in [-0.25, -0.2) is 0 Å². The third-order valence-electron chi connectivity index (χ3n) is 6.15. The molecule has 4 heterocycles. The molecule has 3 N–H and O–H groups in total. The second kappa shape index (κ2) is 5.69. The van der Waals surface area contributed by atoms with Gasteiger partial charge in [-0.15, -0.1) is 0 Å². The zero-order chi connectivity index (χ0) is 17.8. The molecule has 6 rings (SSSR count). The Bertz CT molecular complexity index is 1130. The standard InChI is InChI=1S/C23H20N4/c1-3-7-19-16(5-1)17-11-14-27-22(21(17)25-19)18-6-2-4-8-20(18)26-23(27)15-9-12-24-13-10-15/h1-10,12-13,22-23,25-26H,11,14H2/p+1/t22-,23+/m1/s1. The van der Waals surface area contributed by atoms with E-state index in [9.17, 15) is 0 Å². The first kappa shape index (κ1) is 15.0. The zero-order valence-corrected chi connectivity index (χ0v) is 14.9. The van der Waals surface area contributed by atoms with Crippen LogP contribution in [0.5, 0.6) is 0 Å². The highest BCUT2D eigenvalue weighted by Gasteiger charge is 2.44. The van der Waals surface area contributed by atoms with Crippen LogP contribution in [0.25, 0.3) is 10.9 Å². The van der Waals surface area contributed by atoms with E-state index in [0.29, 0.717) is 6.04 Å². The quantitative estimate of drug-likeness (QED) is 0.492. The zero-order valence-electron chi connectivity index (χ0n) is 14.9. The Balaban J connectivity index is 1.58. The van der Waals surface area contributed by atoms with Gasteiger partial charge in [0.1, 0.15) is 0 Å². The second-order valence-corrected chi connectivity index (χ2v) is 7.52. The van der Waals surface area contributed by atoms with Gasteiger partial charge in [0.25, 0.3) is 0 Å². The van der Waals surface area contributed by atoms with Crippen molar-refractivity contribution in [1.82, 2.24) is 9.97 Å². The minimum absolute atomic E-state index is 0.229. The van der Waals surface area contributed by atoms with Crippen LogP contribution in [0.4, 0.5) is 5.69 Å². The molecular formula is C23H21N4+. The van der Waals surface area contributed by atoms with Crippen molar-refractivity contribution in [1.29, 1.82) is 0 Å². The number of quaternary nitrogens is 1. The summed E-state index contributed by atoms with van der Waals surface area (Å²) in [6.45, 7) is 1.10. The highest BCUT2D eigenvalue weighted by molar-refractivity contribution is 5.85. The first-order valence-electron chi connectivity index (χ1n) is 9.60. The van der Waals surface area contributed by atoms with Gasteiger partial charge in [-0.3, -0.25) is 4.98 Å². The van der Waals surface area contributed by atoms with Crippen LogP contribution in [-0.4, -0.2) is 16.5 Å². The summed E-state index contributed by atoms with van der Waals surface area (Å²) in [5, 5.41) is 5.18. The molecule has 0 bridgehead atoms. The van der Waals surface area contributed by atoms with E-state index in [1.54, 1.807) is 4.90 Å². The summed E-state index contributed by atoms with van der Waals surface area (Å²) in [6.07, 6.45) is 5.11. The lowest BCUT2D eigenvalue weighted by Gasteiger charge is -2.43. The molecule has 27 heavy (non-hydrogen) atoms. The molecule has 0 radical (unpaired) electrons. The van der Waals surface area contributed by atoms with Gasteiger partial charge in [-0.2, -0.15) is 0 Å². The van der Waals surface area contributed by atoms with Crippen molar-refractivity contribution in [3.8, 4) is 0 Å². The molecule has 2 aromatic carbocycles. The Labute approximate surface area is 157 Å². The molecule has 0 saturated carbocycles. The molecule has 4 heteroatoms. The number of hydrogen-bond acceptors (Lipinski definition) is 2. The number of nitrogens with one attached hydrogen (secondary N) is 3. The Kier molecular flexibility index (Phi) is 3.16. The molecule has 0 amide bonds. The SMILES string of the molecule is c1ccc2c(c1)N[C@H](c1ccncc1)[NH+]1CCc3c([nH]c4ccccc34)[C@@H]21. The van der Waals surface area contributed by atoms with Gasteiger partial charge in [0, 0.05) is 46.5 Å². The molecule has 4 nitrogen and oxygen atoms in total. The van der Waals surface area contributed by atoms with Gasteiger partial charge in [0.15, 0.2) is 12.2 Å². The van der Waals surface area contributed by atoms with Crippen LogP contribution in [0.2, 0.25) is 0 Å².